The molecule has 0 spiro atoms. The first kappa shape index (κ1) is 22.3. The Morgan fingerprint density at radius 2 is 1.72 bits per heavy atom. The van der Waals surface area contributed by atoms with E-state index in [0.29, 0.717) is 12.6 Å². The Hall–Kier alpha value is -2.92. The third-order valence-corrected chi connectivity index (χ3v) is 7.15. The number of primary amides is 1. The number of nitrogens with zero attached hydrogens (tertiary/aromatic N) is 2. The minimum atomic E-state index is -0.831. The average Bonchev–Trinajstić information content (AvgIpc) is 3.46. The van der Waals surface area contributed by atoms with Gasteiger partial charge in [0.05, 0.1) is 6.61 Å². The minimum absolute atomic E-state index is 0.134. The lowest BCUT2D eigenvalue weighted by atomic mass is 9.64. The molecule has 4 rings (SSSR count). The van der Waals surface area contributed by atoms with Crippen LogP contribution in [0.3, 0.4) is 0 Å². The fourth-order valence-electron chi connectivity index (χ4n) is 5.71. The van der Waals surface area contributed by atoms with Crippen molar-refractivity contribution >= 4 is 5.91 Å². The largest absolute Gasteiger partial charge is 0.381 e. The van der Waals surface area contributed by atoms with Gasteiger partial charge in [-0.3, -0.25) is 4.79 Å². The van der Waals surface area contributed by atoms with Crippen LogP contribution in [0.5, 0.6) is 0 Å². The van der Waals surface area contributed by atoms with E-state index in [2.05, 4.69) is 52.7 Å². The van der Waals surface area contributed by atoms with Gasteiger partial charge in [-0.05, 0) is 36.3 Å². The quantitative estimate of drug-likeness (QED) is 0.523. The molecule has 1 aliphatic rings. The molecule has 1 amide bonds. The van der Waals surface area contributed by atoms with Gasteiger partial charge in [-0.1, -0.05) is 67.6 Å². The molecule has 2 aromatic carbocycles. The van der Waals surface area contributed by atoms with Crippen LogP contribution < -0.4 is 10.3 Å². The van der Waals surface area contributed by atoms with Crippen LogP contribution in [0.1, 0.15) is 49.2 Å². The number of rotatable bonds is 9. The fourth-order valence-corrected chi connectivity index (χ4v) is 5.71. The number of methoxy groups -OCH3 is 1. The Bertz CT molecular complexity index is 990. The molecule has 1 aliphatic carbocycles. The van der Waals surface area contributed by atoms with Crippen LogP contribution in [0.4, 0.5) is 0 Å². The van der Waals surface area contributed by atoms with Crippen LogP contribution in [-0.4, -0.2) is 24.2 Å². The maximum atomic E-state index is 13.3. The zero-order valence-corrected chi connectivity index (χ0v) is 19.1. The Balaban J connectivity index is 1.73. The predicted octanol–water partition coefficient (Wildman–Crippen LogP) is 3.80. The van der Waals surface area contributed by atoms with E-state index in [1.165, 1.54) is 5.82 Å². The van der Waals surface area contributed by atoms with Crippen LogP contribution in [0.15, 0.2) is 73.1 Å². The number of amides is 1. The van der Waals surface area contributed by atoms with Gasteiger partial charge >= 0.3 is 0 Å². The highest BCUT2D eigenvalue weighted by molar-refractivity contribution is 5.91. The number of carbonyl (C=O) groups is 1. The molecule has 0 bridgehead atoms. The summed E-state index contributed by atoms with van der Waals surface area (Å²) >= 11 is 0. The Morgan fingerprint density at radius 1 is 1.09 bits per heavy atom. The highest BCUT2D eigenvalue weighted by atomic mass is 16.5. The molecule has 32 heavy (non-hydrogen) atoms. The van der Waals surface area contributed by atoms with Crippen LogP contribution in [0, 0.1) is 5.92 Å². The van der Waals surface area contributed by atoms with E-state index in [1.807, 2.05) is 36.4 Å². The number of imidazole rings is 1. The van der Waals surface area contributed by atoms with Gasteiger partial charge in [0.2, 0.25) is 5.91 Å². The summed E-state index contributed by atoms with van der Waals surface area (Å²) in [6, 6.07) is 20.6. The number of benzene rings is 2. The second-order valence-corrected chi connectivity index (χ2v) is 8.73. The first-order valence-corrected chi connectivity index (χ1v) is 11.6. The molecule has 1 fully saturated rings. The Morgan fingerprint density at radius 3 is 2.25 bits per heavy atom. The summed E-state index contributed by atoms with van der Waals surface area (Å²) in [6.07, 6.45) is 8.20. The van der Waals surface area contributed by atoms with Crippen LogP contribution in [0.2, 0.25) is 0 Å². The number of hydrogen-bond donors (Lipinski definition) is 1. The summed E-state index contributed by atoms with van der Waals surface area (Å²) in [6.45, 7) is 3.74. The third-order valence-electron chi connectivity index (χ3n) is 7.15. The van der Waals surface area contributed by atoms with Crippen molar-refractivity contribution < 1.29 is 14.1 Å². The van der Waals surface area contributed by atoms with E-state index in [4.69, 9.17) is 10.5 Å². The maximum Gasteiger partial charge on any atom is 0.256 e. The smallest absolute Gasteiger partial charge is 0.256 e. The summed E-state index contributed by atoms with van der Waals surface area (Å²) < 4.78 is 9.98. The summed E-state index contributed by atoms with van der Waals surface area (Å²) in [5, 5.41) is 0. The van der Waals surface area contributed by atoms with E-state index in [9.17, 15) is 4.79 Å². The maximum absolute atomic E-state index is 13.3. The number of ether oxygens (including phenoxy) is 1. The van der Waals surface area contributed by atoms with Gasteiger partial charge in [-0.25, -0.2) is 9.13 Å². The fraction of sp³-hybridized carbons (Fsp3) is 0.407. The van der Waals surface area contributed by atoms with Crippen molar-refractivity contribution in [2.24, 2.45) is 11.7 Å². The third kappa shape index (κ3) is 3.86. The molecule has 2 atom stereocenters. The second-order valence-electron chi connectivity index (χ2n) is 8.73. The van der Waals surface area contributed by atoms with Crippen molar-refractivity contribution in [3.8, 4) is 0 Å². The molecule has 168 valence electrons. The second kappa shape index (κ2) is 9.70. The van der Waals surface area contributed by atoms with E-state index in [1.54, 1.807) is 7.11 Å². The summed E-state index contributed by atoms with van der Waals surface area (Å²) in [5.74, 6) is 1.17. The van der Waals surface area contributed by atoms with Gasteiger partial charge in [0.25, 0.3) is 5.82 Å². The lowest BCUT2D eigenvalue weighted by Crippen LogP contribution is -2.47. The topological polar surface area (TPSA) is 61.1 Å². The highest BCUT2D eigenvalue weighted by Crippen LogP contribution is 2.49. The summed E-state index contributed by atoms with van der Waals surface area (Å²) in [7, 11) is 1.74. The lowest BCUT2D eigenvalue weighted by molar-refractivity contribution is -0.705. The highest BCUT2D eigenvalue weighted by Gasteiger charge is 2.51. The number of nitrogens with two attached hydrogens (primary N) is 1. The zero-order chi connectivity index (χ0) is 22.6. The zero-order valence-electron chi connectivity index (χ0n) is 19.1. The molecule has 0 saturated heterocycles. The molecule has 1 saturated carbocycles. The number of aromatic nitrogens is 2. The van der Waals surface area contributed by atoms with Crippen LogP contribution in [-0.2, 0) is 27.9 Å². The molecule has 5 nitrogen and oxygen atoms in total. The molecule has 2 N–H and O–H groups in total. The van der Waals surface area contributed by atoms with Gasteiger partial charge in [-0.2, -0.15) is 0 Å². The van der Waals surface area contributed by atoms with E-state index < -0.39 is 5.41 Å². The predicted molar refractivity (Wildman–Crippen MR) is 125 cm³/mol. The summed E-state index contributed by atoms with van der Waals surface area (Å²) in [4.78, 5) is 13.3. The van der Waals surface area contributed by atoms with Crippen molar-refractivity contribution in [1.29, 1.82) is 0 Å². The van der Waals surface area contributed by atoms with Crippen molar-refractivity contribution in [2.75, 3.05) is 13.7 Å². The van der Waals surface area contributed by atoms with Gasteiger partial charge < -0.3 is 10.5 Å². The number of carbonyl (C=O) groups excluding carboxylic acids is 1. The molecule has 3 aromatic rings. The van der Waals surface area contributed by atoms with E-state index in [0.717, 1.165) is 43.4 Å². The molecule has 1 aromatic heterocycles. The molecule has 0 radical (unpaired) electrons. The average molecular weight is 433 g/mol. The van der Waals surface area contributed by atoms with Crippen LogP contribution >= 0.6 is 0 Å². The van der Waals surface area contributed by atoms with Gasteiger partial charge in [0.1, 0.15) is 30.4 Å². The summed E-state index contributed by atoms with van der Waals surface area (Å²) in [5.41, 5.74) is 7.40. The molecular weight excluding hydrogens is 398 g/mol. The van der Waals surface area contributed by atoms with E-state index in [-0.39, 0.29) is 11.8 Å². The first-order valence-electron chi connectivity index (χ1n) is 11.6. The molecule has 0 aliphatic heterocycles. The van der Waals surface area contributed by atoms with E-state index >= 15 is 0 Å². The molecule has 1 heterocycles. The van der Waals surface area contributed by atoms with Crippen LogP contribution in [0.25, 0.3) is 0 Å². The molecule has 5 heteroatoms. The lowest BCUT2D eigenvalue weighted by Gasteiger charge is -2.37. The normalized spacial score (nSPS) is 18.7. The molecule has 0 unspecified atom stereocenters. The van der Waals surface area contributed by atoms with Crippen molar-refractivity contribution in [3.05, 3.63) is 90.0 Å². The van der Waals surface area contributed by atoms with Crippen molar-refractivity contribution in [1.82, 2.24) is 4.57 Å². The Kier molecular flexibility index (Phi) is 6.75. The van der Waals surface area contributed by atoms with Crippen molar-refractivity contribution in [3.63, 3.8) is 0 Å². The Labute approximate surface area is 190 Å². The standard InChI is InChI=1S/C27H33N3O2/c1-3-25-29(18-19-32-2)16-17-30(25)24-15-14-23(20-24)27(26(28)31,21-10-6-4-7-11-21)22-12-8-5-9-13-22/h4-13,16-17,23-24H,3,14-15,18-20H2,1-2H3,(H-,28,31)/p+1/t23-,24+/m0/s1. The molecular formula is C27H34N3O2+. The van der Waals surface area contributed by atoms with Gasteiger partial charge in [-0.15, -0.1) is 0 Å². The SMILES string of the molecule is CCc1n([C@@H]2CC[C@H](C(C(N)=O)(c3ccccc3)c3ccccc3)C2)cc[n+]1CCOC. The monoisotopic (exact) mass is 432 g/mol. The van der Waals surface area contributed by atoms with Gasteiger partial charge in [0, 0.05) is 13.5 Å². The van der Waals surface area contributed by atoms with Crippen molar-refractivity contribution in [2.45, 2.75) is 50.6 Å². The first-order chi connectivity index (χ1) is 15.6. The minimum Gasteiger partial charge on any atom is -0.381 e. The number of hydrogen-bond acceptors (Lipinski definition) is 2. The van der Waals surface area contributed by atoms with Gasteiger partial charge in [0.15, 0.2) is 0 Å².